The molecule has 6 heteroatoms. The molecular formula is C11H14BrN3O2. The maximum atomic E-state index is 11.4. The molecule has 3 amide bonds. The number of nitrogens with one attached hydrogen (secondary N) is 3. The van der Waals surface area contributed by atoms with E-state index in [1.165, 1.54) is 0 Å². The summed E-state index contributed by atoms with van der Waals surface area (Å²) in [7, 11) is 0. The van der Waals surface area contributed by atoms with E-state index >= 15 is 0 Å². The minimum absolute atomic E-state index is 0.0414. The van der Waals surface area contributed by atoms with Crippen molar-refractivity contribution < 1.29 is 9.59 Å². The van der Waals surface area contributed by atoms with Gasteiger partial charge in [-0.1, -0.05) is 12.1 Å². The van der Waals surface area contributed by atoms with Gasteiger partial charge in [0, 0.05) is 16.7 Å². The topological polar surface area (TPSA) is 70.2 Å². The van der Waals surface area contributed by atoms with Gasteiger partial charge in [0.15, 0.2) is 0 Å². The van der Waals surface area contributed by atoms with Crippen LogP contribution in [0.1, 0.15) is 6.92 Å². The van der Waals surface area contributed by atoms with Crippen molar-refractivity contribution in [2.24, 2.45) is 0 Å². The Hall–Kier alpha value is -1.56. The Morgan fingerprint density at radius 3 is 2.65 bits per heavy atom. The fraction of sp³-hybridized carbons (Fsp3) is 0.273. The second-order valence-corrected chi connectivity index (χ2v) is 4.10. The summed E-state index contributed by atoms with van der Waals surface area (Å²) in [4.78, 5) is 22.4. The van der Waals surface area contributed by atoms with Gasteiger partial charge in [0.2, 0.25) is 5.91 Å². The highest BCUT2D eigenvalue weighted by molar-refractivity contribution is 9.10. The Bertz CT molecular complexity index is 409. The van der Waals surface area contributed by atoms with Crippen LogP contribution in [0.15, 0.2) is 28.7 Å². The molecule has 0 aliphatic rings. The predicted octanol–water partition coefficient (Wildman–Crippen LogP) is 1.71. The van der Waals surface area contributed by atoms with Crippen LogP contribution in [-0.4, -0.2) is 25.0 Å². The summed E-state index contributed by atoms with van der Waals surface area (Å²) in [6, 6.07) is 6.96. The van der Waals surface area contributed by atoms with Crippen LogP contribution in [0.25, 0.3) is 0 Å². The molecule has 0 bridgehead atoms. The van der Waals surface area contributed by atoms with Gasteiger partial charge in [-0.2, -0.15) is 0 Å². The first-order chi connectivity index (χ1) is 8.13. The summed E-state index contributed by atoms with van der Waals surface area (Å²) in [5.74, 6) is -0.383. The average molecular weight is 300 g/mol. The molecule has 5 nitrogen and oxygen atoms in total. The number of imide groups is 1. The van der Waals surface area contributed by atoms with Crippen molar-refractivity contribution in [3.63, 3.8) is 0 Å². The van der Waals surface area contributed by atoms with E-state index in [1.54, 1.807) is 6.92 Å². The first-order valence-corrected chi connectivity index (χ1v) is 5.99. The van der Waals surface area contributed by atoms with Crippen LogP contribution in [0, 0.1) is 0 Å². The highest BCUT2D eigenvalue weighted by Gasteiger charge is 2.06. The largest absolute Gasteiger partial charge is 0.375 e. The van der Waals surface area contributed by atoms with Gasteiger partial charge in [-0.05, 0) is 35.0 Å². The number of carbonyl (C=O) groups is 2. The lowest BCUT2D eigenvalue weighted by atomic mass is 10.3. The predicted molar refractivity (Wildman–Crippen MR) is 69.8 cm³/mol. The van der Waals surface area contributed by atoms with Crippen LogP contribution in [0.2, 0.25) is 0 Å². The van der Waals surface area contributed by atoms with Crippen molar-refractivity contribution in [2.45, 2.75) is 6.92 Å². The summed E-state index contributed by atoms with van der Waals surface area (Å²) in [5, 5.41) is 7.60. The van der Waals surface area contributed by atoms with Gasteiger partial charge in [-0.3, -0.25) is 10.1 Å². The number of carbonyl (C=O) groups excluding carboxylic acids is 2. The fourth-order valence-electron chi connectivity index (χ4n) is 1.16. The number of benzene rings is 1. The summed E-state index contributed by atoms with van der Waals surface area (Å²) >= 11 is 3.35. The minimum Gasteiger partial charge on any atom is -0.375 e. The van der Waals surface area contributed by atoms with Crippen molar-refractivity contribution in [1.29, 1.82) is 0 Å². The van der Waals surface area contributed by atoms with Crippen molar-refractivity contribution >= 4 is 33.6 Å². The van der Waals surface area contributed by atoms with E-state index in [-0.39, 0.29) is 12.5 Å². The summed E-state index contributed by atoms with van der Waals surface area (Å²) in [6.07, 6.45) is 0. The number of para-hydroxylation sites is 1. The van der Waals surface area contributed by atoms with E-state index < -0.39 is 6.03 Å². The van der Waals surface area contributed by atoms with E-state index in [0.717, 1.165) is 10.2 Å². The molecule has 0 heterocycles. The number of amides is 3. The number of hydrogen-bond acceptors (Lipinski definition) is 3. The SMILES string of the molecule is CCNC(=O)NC(=O)CNc1ccccc1Br. The van der Waals surface area contributed by atoms with E-state index in [9.17, 15) is 9.59 Å². The molecule has 0 saturated heterocycles. The van der Waals surface area contributed by atoms with E-state index in [4.69, 9.17) is 0 Å². The van der Waals surface area contributed by atoms with Crippen molar-refractivity contribution in [3.05, 3.63) is 28.7 Å². The van der Waals surface area contributed by atoms with Crippen molar-refractivity contribution in [1.82, 2.24) is 10.6 Å². The Balaban J connectivity index is 2.38. The fourth-order valence-corrected chi connectivity index (χ4v) is 1.58. The molecule has 0 fully saturated rings. The third kappa shape index (κ3) is 4.86. The molecule has 1 rings (SSSR count). The summed E-state index contributed by atoms with van der Waals surface area (Å²) in [6.45, 7) is 2.31. The standard InChI is InChI=1S/C11H14BrN3O2/c1-2-13-11(17)15-10(16)7-14-9-6-4-3-5-8(9)12/h3-6,14H,2,7H2,1H3,(H2,13,15,16,17). The first kappa shape index (κ1) is 13.5. The lowest BCUT2D eigenvalue weighted by Crippen LogP contribution is -2.41. The van der Waals surface area contributed by atoms with Crippen molar-refractivity contribution in [2.75, 3.05) is 18.4 Å². The van der Waals surface area contributed by atoms with Gasteiger partial charge in [0.25, 0.3) is 0 Å². The van der Waals surface area contributed by atoms with E-state index in [2.05, 4.69) is 31.9 Å². The zero-order chi connectivity index (χ0) is 12.7. The van der Waals surface area contributed by atoms with Crippen LogP contribution < -0.4 is 16.0 Å². The van der Waals surface area contributed by atoms with Crippen LogP contribution in [0.3, 0.4) is 0 Å². The molecule has 0 radical (unpaired) electrons. The molecule has 3 N–H and O–H groups in total. The lowest BCUT2D eigenvalue weighted by molar-refractivity contribution is -0.118. The first-order valence-electron chi connectivity index (χ1n) is 5.19. The zero-order valence-electron chi connectivity index (χ0n) is 9.42. The number of halogens is 1. The normalized spacial score (nSPS) is 9.53. The summed E-state index contributed by atoms with van der Waals surface area (Å²) in [5.41, 5.74) is 0.804. The Labute approximate surface area is 108 Å². The molecular weight excluding hydrogens is 286 g/mol. The molecule has 0 spiro atoms. The van der Waals surface area contributed by atoms with Gasteiger partial charge in [-0.15, -0.1) is 0 Å². The van der Waals surface area contributed by atoms with Crippen LogP contribution in [0.5, 0.6) is 0 Å². The molecule has 1 aromatic carbocycles. The quantitative estimate of drug-likeness (QED) is 0.793. The third-order valence-electron chi connectivity index (χ3n) is 1.90. The van der Waals surface area contributed by atoms with E-state index in [0.29, 0.717) is 6.54 Å². The molecule has 1 aromatic rings. The molecule has 0 atom stereocenters. The van der Waals surface area contributed by atoms with Crippen LogP contribution >= 0.6 is 15.9 Å². The third-order valence-corrected chi connectivity index (χ3v) is 2.60. The molecule has 0 aliphatic heterocycles. The highest BCUT2D eigenvalue weighted by Crippen LogP contribution is 2.20. The Morgan fingerprint density at radius 1 is 1.29 bits per heavy atom. The lowest BCUT2D eigenvalue weighted by Gasteiger charge is -2.08. The van der Waals surface area contributed by atoms with Gasteiger partial charge < -0.3 is 10.6 Å². The van der Waals surface area contributed by atoms with Gasteiger partial charge in [0.05, 0.1) is 6.54 Å². The summed E-state index contributed by atoms with van der Waals surface area (Å²) < 4.78 is 0.866. The average Bonchev–Trinajstić information content (AvgIpc) is 2.28. The molecule has 0 aliphatic carbocycles. The van der Waals surface area contributed by atoms with Gasteiger partial charge >= 0.3 is 6.03 Å². The van der Waals surface area contributed by atoms with Gasteiger partial charge in [0.1, 0.15) is 0 Å². The maximum Gasteiger partial charge on any atom is 0.321 e. The maximum absolute atomic E-state index is 11.4. The zero-order valence-corrected chi connectivity index (χ0v) is 11.0. The highest BCUT2D eigenvalue weighted by atomic mass is 79.9. The molecule has 17 heavy (non-hydrogen) atoms. The Kier molecular flexibility index (Phi) is 5.48. The number of anilines is 1. The molecule has 0 unspecified atom stereocenters. The second-order valence-electron chi connectivity index (χ2n) is 3.24. The molecule has 0 saturated carbocycles. The monoisotopic (exact) mass is 299 g/mol. The smallest absolute Gasteiger partial charge is 0.321 e. The Morgan fingerprint density at radius 2 is 2.00 bits per heavy atom. The number of rotatable bonds is 4. The second kappa shape index (κ2) is 6.90. The minimum atomic E-state index is -0.480. The van der Waals surface area contributed by atoms with E-state index in [1.807, 2.05) is 24.3 Å². The van der Waals surface area contributed by atoms with Crippen LogP contribution in [0.4, 0.5) is 10.5 Å². The van der Waals surface area contributed by atoms with Gasteiger partial charge in [-0.25, -0.2) is 4.79 Å². The van der Waals surface area contributed by atoms with Crippen molar-refractivity contribution in [3.8, 4) is 0 Å². The molecule has 0 aromatic heterocycles. The number of urea groups is 1. The number of hydrogen-bond donors (Lipinski definition) is 3. The molecule has 92 valence electrons. The van der Waals surface area contributed by atoms with Crippen LogP contribution in [-0.2, 0) is 4.79 Å².